The molecule has 0 spiro atoms. The lowest BCUT2D eigenvalue weighted by atomic mass is 9.99. The number of rotatable bonds is 13. The van der Waals surface area contributed by atoms with Crippen LogP contribution in [0.3, 0.4) is 0 Å². The molecule has 25 heavy (non-hydrogen) atoms. The molecule has 140 valence electrons. The molecule has 0 aliphatic carbocycles. The van der Waals surface area contributed by atoms with Gasteiger partial charge >= 0.3 is 11.9 Å². The van der Waals surface area contributed by atoms with Crippen LogP contribution < -0.4 is 0 Å². The zero-order valence-electron chi connectivity index (χ0n) is 15.7. The lowest BCUT2D eigenvalue weighted by Crippen LogP contribution is -2.28. The van der Waals surface area contributed by atoms with Gasteiger partial charge in [0.15, 0.2) is 5.92 Å². The molecule has 0 unspecified atom stereocenters. The third-order valence-corrected chi connectivity index (χ3v) is 4.02. The topological polar surface area (TPSA) is 52.6 Å². The molecule has 0 saturated heterocycles. The average molecular weight is 348 g/mol. The molecule has 1 aromatic carbocycles. The van der Waals surface area contributed by atoms with E-state index < -0.39 is 17.9 Å². The number of aryl methyl sites for hydroxylation is 1. The number of benzene rings is 1. The molecule has 0 atom stereocenters. The van der Waals surface area contributed by atoms with Crippen molar-refractivity contribution >= 4 is 11.9 Å². The highest BCUT2D eigenvalue weighted by Crippen LogP contribution is 2.16. The van der Waals surface area contributed by atoms with Gasteiger partial charge in [-0.05, 0) is 37.7 Å². The smallest absolute Gasteiger partial charge is 0.320 e. The van der Waals surface area contributed by atoms with Crippen LogP contribution in [0.15, 0.2) is 30.3 Å². The number of carbonyl (C=O) groups is 2. The maximum absolute atomic E-state index is 12.1. The maximum atomic E-state index is 12.1. The second kappa shape index (κ2) is 13.5. The summed E-state index contributed by atoms with van der Waals surface area (Å²) in [5.74, 6) is -1.65. The third kappa shape index (κ3) is 9.28. The zero-order chi connectivity index (χ0) is 18.3. The van der Waals surface area contributed by atoms with Gasteiger partial charge in [-0.1, -0.05) is 63.4 Å². The molecular formula is C21H32O4. The fourth-order valence-corrected chi connectivity index (χ4v) is 2.61. The van der Waals surface area contributed by atoms with Crippen LogP contribution in [0.25, 0.3) is 0 Å². The number of unbranched alkanes of at least 4 members (excludes halogenated alkanes) is 3. The minimum Gasteiger partial charge on any atom is -0.465 e. The van der Waals surface area contributed by atoms with Crippen molar-refractivity contribution in [1.29, 1.82) is 0 Å². The van der Waals surface area contributed by atoms with Gasteiger partial charge in [0, 0.05) is 0 Å². The van der Waals surface area contributed by atoms with Crippen LogP contribution in [0.2, 0.25) is 0 Å². The molecule has 1 rings (SSSR count). The molecule has 0 aromatic heterocycles. The van der Waals surface area contributed by atoms with Crippen molar-refractivity contribution in [2.24, 2.45) is 5.92 Å². The third-order valence-electron chi connectivity index (χ3n) is 4.02. The van der Waals surface area contributed by atoms with Crippen molar-refractivity contribution in [1.82, 2.24) is 0 Å². The largest absolute Gasteiger partial charge is 0.465 e. The van der Waals surface area contributed by atoms with E-state index in [1.807, 2.05) is 19.9 Å². The SMILES string of the molecule is CCCOC(=O)C(CCCCCCc1ccccc1)C(=O)OCCC. The summed E-state index contributed by atoms with van der Waals surface area (Å²) in [6.45, 7) is 4.58. The average Bonchev–Trinajstić information content (AvgIpc) is 2.64. The Morgan fingerprint density at radius 2 is 1.40 bits per heavy atom. The molecule has 0 aliphatic rings. The van der Waals surface area contributed by atoms with Crippen LogP contribution in [0.5, 0.6) is 0 Å². The Balaban J connectivity index is 2.30. The molecule has 0 heterocycles. The number of hydrogen-bond donors (Lipinski definition) is 0. The second-order valence-corrected chi connectivity index (χ2v) is 6.33. The fraction of sp³-hybridized carbons (Fsp3) is 0.619. The van der Waals surface area contributed by atoms with Gasteiger partial charge in [-0.15, -0.1) is 0 Å². The number of hydrogen-bond acceptors (Lipinski definition) is 4. The van der Waals surface area contributed by atoms with Crippen molar-refractivity contribution < 1.29 is 19.1 Å². The second-order valence-electron chi connectivity index (χ2n) is 6.33. The van der Waals surface area contributed by atoms with E-state index in [4.69, 9.17) is 9.47 Å². The van der Waals surface area contributed by atoms with E-state index in [1.165, 1.54) is 5.56 Å². The van der Waals surface area contributed by atoms with Gasteiger partial charge in [-0.2, -0.15) is 0 Å². The Hall–Kier alpha value is -1.84. The molecule has 0 bridgehead atoms. The molecule has 4 heteroatoms. The summed E-state index contributed by atoms with van der Waals surface area (Å²) in [5, 5.41) is 0. The minimum atomic E-state index is -0.771. The van der Waals surface area contributed by atoms with Gasteiger partial charge in [-0.25, -0.2) is 0 Å². The van der Waals surface area contributed by atoms with Crippen molar-refractivity contribution in [3.63, 3.8) is 0 Å². The standard InChI is InChI=1S/C21H32O4/c1-3-16-24-20(22)19(21(23)25-17-4-2)15-11-6-5-8-12-18-13-9-7-10-14-18/h7,9-10,13-14,19H,3-6,8,11-12,15-17H2,1-2H3. The highest BCUT2D eigenvalue weighted by molar-refractivity contribution is 5.94. The van der Waals surface area contributed by atoms with Gasteiger partial charge in [0.1, 0.15) is 0 Å². The van der Waals surface area contributed by atoms with Crippen LogP contribution in [-0.4, -0.2) is 25.2 Å². The summed E-state index contributed by atoms with van der Waals surface area (Å²) in [5.41, 5.74) is 1.35. The van der Waals surface area contributed by atoms with E-state index in [0.29, 0.717) is 19.6 Å². The van der Waals surface area contributed by atoms with E-state index in [0.717, 1.165) is 44.9 Å². The molecular weight excluding hydrogens is 316 g/mol. The monoisotopic (exact) mass is 348 g/mol. The van der Waals surface area contributed by atoms with Crippen molar-refractivity contribution in [3.05, 3.63) is 35.9 Å². The highest BCUT2D eigenvalue weighted by Gasteiger charge is 2.29. The van der Waals surface area contributed by atoms with E-state index in [1.54, 1.807) is 0 Å². The first-order valence-electron chi connectivity index (χ1n) is 9.56. The van der Waals surface area contributed by atoms with Gasteiger partial charge in [0.05, 0.1) is 13.2 Å². The molecule has 0 amide bonds. The summed E-state index contributed by atoms with van der Waals surface area (Å²) < 4.78 is 10.3. The zero-order valence-corrected chi connectivity index (χ0v) is 15.7. The van der Waals surface area contributed by atoms with Crippen molar-refractivity contribution in [2.45, 2.75) is 65.2 Å². The molecule has 0 saturated carbocycles. The quantitative estimate of drug-likeness (QED) is 0.294. The molecule has 0 aliphatic heterocycles. The van der Waals surface area contributed by atoms with Crippen molar-refractivity contribution in [3.8, 4) is 0 Å². The summed E-state index contributed by atoms with van der Waals surface area (Å²) in [6, 6.07) is 10.4. The lowest BCUT2D eigenvalue weighted by molar-refractivity contribution is -0.162. The molecule has 0 N–H and O–H groups in total. The Morgan fingerprint density at radius 1 is 0.840 bits per heavy atom. The summed E-state index contributed by atoms with van der Waals surface area (Å²) in [7, 11) is 0. The van der Waals surface area contributed by atoms with Crippen LogP contribution in [0, 0.1) is 5.92 Å². The summed E-state index contributed by atoms with van der Waals surface area (Å²) >= 11 is 0. The van der Waals surface area contributed by atoms with Gasteiger partial charge in [0.2, 0.25) is 0 Å². The van der Waals surface area contributed by atoms with Crippen molar-refractivity contribution in [2.75, 3.05) is 13.2 Å². The van der Waals surface area contributed by atoms with E-state index >= 15 is 0 Å². The minimum absolute atomic E-state index is 0.355. The molecule has 1 aromatic rings. The fourth-order valence-electron chi connectivity index (χ4n) is 2.61. The number of esters is 2. The first kappa shape index (κ1) is 21.2. The normalized spacial score (nSPS) is 10.7. The Kier molecular flexibility index (Phi) is 11.4. The van der Waals surface area contributed by atoms with Gasteiger partial charge in [-0.3, -0.25) is 9.59 Å². The number of ether oxygens (including phenoxy) is 2. The van der Waals surface area contributed by atoms with E-state index in [9.17, 15) is 9.59 Å². The molecule has 0 fully saturated rings. The molecule has 4 nitrogen and oxygen atoms in total. The summed E-state index contributed by atoms with van der Waals surface area (Å²) in [6.07, 6.45) is 7.14. The van der Waals surface area contributed by atoms with E-state index in [-0.39, 0.29) is 0 Å². The van der Waals surface area contributed by atoms with Crippen LogP contribution in [-0.2, 0) is 25.5 Å². The first-order chi connectivity index (χ1) is 12.2. The van der Waals surface area contributed by atoms with E-state index in [2.05, 4.69) is 24.3 Å². The van der Waals surface area contributed by atoms with Gasteiger partial charge in [0.25, 0.3) is 0 Å². The Bertz CT molecular complexity index is 464. The first-order valence-corrected chi connectivity index (χ1v) is 9.56. The van der Waals surface area contributed by atoms with Gasteiger partial charge < -0.3 is 9.47 Å². The predicted molar refractivity (Wildman–Crippen MR) is 99.2 cm³/mol. The number of carbonyl (C=O) groups excluding carboxylic acids is 2. The van der Waals surface area contributed by atoms with Crippen LogP contribution >= 0.6 is 0 Å². The van der Waals surface area contributed by atoms with Crippen LogP contribution in [0.4, 0.5) is 0 Å². The molecule has 0 radical (unpaired) electrons. The lowest BCUT2D eigenvalue weighted by Gasteiger charge is -2.15. The van der Waals surface area contributed by atoms with Crippen LogP contribution in [0.1, 0.15) is 64.4 Å². The maximum Gasteiger partial charge on any atom is 0.320 e. The summed E-state index contributed by atoms with van der Waals surface area (Å²) in [4.78, 5) is 24.2. The predicted octanol–water partition coefficient (Wildman–Crippen LogP) is 4.70. The highest BCUT2D eigenvalue weighted by atomic mass is 16.6. The Labute approximate surface area is 151 Å². The Morgan fingerprint density at radius 3 is 1.96 bits per heavy atom.